The van der Waals surface area contributed by atoms with Crippen molar-refractivity contribution in [3.05, 3.63) is 51.5 Å². The number of likely N-dealkylation sites (tertiary alicyclic amines) is 1. The van der Waals surface area contributed by atoms with Crippen LogP contribution in [0.25, 0.3) is 0 Å². The van der Waals surface area contributed by atoms with E-state index in [-0.39, 0.29) is 37.0 Å². The minimum Gasteiger partial charge on any atom is -0.396 e. The number of nitrogens with zero attached hydrogens (tertiary/aromatic N) is 3. The SMILES string of the molecule is CCON=C(CCC(=O)NC1CCN(C2CCC(O)(c3cnc(COC)s3)CC2)C1)c1cccc(C(F)(F)F)c1. The van der Waals surface area contributed by atoms with Gasteiger partial charge in [0.05, 0.1) is 22.8 Å². The standard InChI is InChI=1S/C28H37F3N4O4S/c1-3-39-34-23(19-5-4-6-20(15-19)28(29,30)31)7-8-25(36)33-21-11-14-35(17-21)22-9-12-27(37,13-10-22)24-16-32-26(40-24)18-38-2/h4-6,15-16,21-22,37H,3,7-14,17-18H2,1-2H3,(H,33,36). The average molecular weight is 583 g/mol. The van der Waals surface area contributed by atoms with Gasteiger partial charge in [0.2, 0.25) is 5.91 Å². The summed E-state index contributed by atoms with van der Waals surface area (Å²) in [6.07, 6.45) is 1.43. The highest BCUT2D eigenvalue weighted by atomic mass is 32.1. The first kappa shape index (κ1) is 30.4. The first-order chi connectivity index (χ1) is 19.1. The Morgan fingerprint density at radius 1 is 1.27 bits per heavy atom. The first-order valence-electron chi connectivity index (χ1n) is 13.7. The second-order valence-corrected chi connectivity index (χ2v) is 11.5. The number of oxime groups is 1. The molecule has 1 atom stereocenters. The molecule has 1 unspecified atom stereocenters. The second-order valence-electron chi connectivity index (χ2n) is 10.4. The zero-order valence-electron chi connectivity index (χ0n) is 22.9. The van der Waals surface area contributed by atoms with Gasteiger partial charge in [-0.25, -0.2) is 4.98 Å². The van der Waals surface area contributed by atoms with E-state index in [1.807, 2.05) is 0 Å². The van der Waals surface area contributed by atoms with Crippen molar-refractivity contribution in [1.29, 1.82) is 0 Å². The molecule has 2 fully saturated rings. The minimum absolute atomic E-state index is 0.00671. The van der Waals surface area contributed by atoms with E-state index < -0.39 is 17.3 Å². The number of amides is 1. The van der Waals surface area contributed by atoms with E-state index in [9.17, 15) is 23.1 Å². The van der Waals surface area contributed by atoms with Crippen LogP contribution in [0.4, 0.5) is 13.2 Å². The molecule has 2 heterocycles. The summed E-state index contributed by atoms with van der Waals surface area (Å²) >= 11 is 1.50. The Kier molecular flexibility index (Phi) is 10.2. The summed E-state index contributed by atoms with van der Waals surface area (Å²) in [5.74, 6) is -0.168. The van der Waals surface area contributed by atoms with Gasteiger partial charge in [-0.2, -0.15) is 13.2 Å². The van der Waals surface area contributed by atoms with E-state index in [1.165, 1.54) is 17.4 Å². The Morgan fingerprint density at radius 3 is 2.75 bits per heavy atom. The van der Waals surface area contributed by atoms with Crippen molar-refractivity contribution in [3.8, 4) is 0 Å². The molecule has 1 saturated heterocycles. The summed E-state index contributed by atoms with van der Waals surface area (Å²) in [6.45, 7) is 4.05. The molecule has 1 saturated carbocycles. The molecule has 2 N–H and O–H groups in total. The number of carbonyl (C=O) groups excluding carboxylic acids is 1. The zero-order chi connectivity index (χ0) is 28.8. The van der Waals surface area contributed by atoms with Crippen LogP contribution < -0.4 is 5.32 Å². The summed E-state index contributed by atoms with van der Waals surface area (Å²) in [5, 5.41) is 19.2. The van der Waals surface area contributed by atoms with Crippen molar-refractivity contribution in [3.63, 3.8) is 0 Å². The second kappa shape index (κ2) is 13.4. The lowest BCUT2D eigenvalue weighted by Crippen LogP contribution is -2.43. The highest BCUT2D eigenvalue weighted by molar-refractivity contribution is 7.11. The molecule has 8 nitrogen and oxygen atoms in total. The van der Waals surface area contributed by atoms with Crippen molar-refractivity contribution >= 4 is 23.0 Å². The molecule has 1 aliphatic carbocycles. The number of hydrogen-bond acceptors (Lipinski definition) is 8. The Hall–Kier alpha value is -2.54. The van der Waals surface area contributed by atoms with Crippen LogP contribution in [-0.4, -0.2) is 65.5 Å². The third kappa shape index (κ3) is 7.80. The van der Waals surface area contributed by atoms with Crippen LogP contribution in [0.1, 0.15) is 72.9 Å². The van der Waals surface area contributed by atoms with Gasteiger partial charge < -0.3 is 20.0 Å². The summed E-state index contributed by atoms with van der Waals surface area (Å²) in [4.78, 5) is 25.5. The van der Waals surface area contributed by atoms with Crippen molar-refractivity contribution in [2.75, 3.05) is 26.8 Å². The van der Waals surface area contributed by atoms with Crippen LogP contribution in [-0.2, 0) is 32.8 Å². The van der Waals surface area contributed by atoms with Crippen molar-refractivity contribution in [1.82, 2.24) is 15.2 Å². The molecule has 1 aromatic carbocycles. The van der Waals surface area contributed by atoms with E-state index in [0.717, 1.165) is 54.4 Å². The number of benzene rings is 1. The van der Waals surface area contributed by atoms with Gasteiger partial charge in [-0.15, -0.1) is 11.3 Å². The normalized spacial score (nSPS) is 24.3. The summed E-state index contributed by atoms with van der Waals surface area (Å²) in [5.41, 5.74) is -1.03. The van der Waals surface area contributed by atoms with Crippen LogP contribution in [0.15, 0.2) is 35.6 Å². The monoisotopic (exact) mass is 582 g/mol. The van der Waals surface area contributed by atoms with Gasteiger partial charge in [-0.3, -0.25) is 9.69 Å². The lowest BCUT2D eigenvalue weighted by Gasteiger charge is -2.39. The first-order valence-corrected chi connectivity index (χ1v) is 14.5. The molecular weight excluding hydrogens is 545 g/mol. The molecule has 1 aromatic heterocycles. The van der Waals surface area contributed by atoms with E-state index in [1.54, 1.807) is 26.3 Å². The van der Waals surface area contributed by atoms with Crippen molar-refractivity contribution < 1.29 is 32.6 Å². The quantitative estimate of drug-likeness (QED) is 0.291. The molecule has 2 aliphatic rings. The summed E-state index contributed by atoms with van der Waals surface area (Å²) < 4.78 is 44.7. The highest BCUT2D eigenvalue weighted by Gasteiger charge is 2.39. The third-order valence-corrected chi connectivity index (χ3v) is 8.74. The van der Waals surface area contributed by atoms with Gasteiger partial charge in [-0.1, -0.05) is 17.3 Å². The van der Waals surface area contributed by atoms with Crippen molar-refractivity contribution in [2.24, 2.45) is 5.16 Å². The zero-order valence-corrected chi connectivity index (χ0v) is 23.7. The predicted octanol–water partition coefficient (Wildman–Crippen LogP) is 4.85. The molecule has 12 heteroatoms. The third-order valence-electron chi connectivity index (χ3n) is 7.58. The fraction of sp³-hybridized carbons (Fsp3) is 0.607. The van der Waals surface area contributed by atoms with Gasteiger partial charge in [-0.05, 0) is 56.7 Å². The van der Waals surface area contributed by atoms with Crippen LogP contribution in [0.2, 0.25) is 0 Å². The average Bonchev–Trinajstić information content (AvgIpc) is 3.59. The lowest BCUT2D eigenvalue weighted by atomic mass is 9.81. The fourth-order valence-electron chi connectivity index (χ4n) is 5.44. The molecule has 2 aromatic rings. The molecule has 1 aliphatic heterocycles. The molecule has 0 bridgehead atoms. The Labute approximate surface area is 236 Å². The van der Waals surface area contributed by atoms with Crippen LogP contribution in [0.3, 0.4) is 0 Å². The number of halogens is 3. The van der Waals surface area contributed by atoms with E-state index in [0.29, 0.717) is 31.2 Å². The van der Waals surface area contributed by atoms with Crippen LogP contribution in [0, 0.1) is 0 Å². The summed E-state index contributed by atoms with van der Waals surface area (Å²) in [6, 6.07) is 5.26. The topological polar surface area (TPSA) is 96.3 Å². The largest absolute Gasteiger partial charge is 0.416 e. The van der Waals surface area contributed by atoms with Gasteiger partial charge in [0.1, 0.15) is 17.2 Å². The number of aromatic nitrogens is 1. The smallest absolute Gasteiger partial charge is 0.396 e. The number of rotatable bonds is 11. The van der Waals surface area contributed by atoms with E-state index in [4.69, 9.17) is 9.57 Å². The Morgan fingerprint density at radius 2 is 2.05 bits per heavy atom. The van der Waals surface area contributed by atoms with Crippen LogP contribution >= 0.6 is 11.3 Å². The van der Waals surface area contributed by atoms with Gasteiger partial charge in [0.25, 0.3) is 0 Å². The molecule has 220 valence electrons. The fourth-order valence-corrected chi connectivity index (χ4v) is 6.47. The van der Waals surface area contributed by atoms with E-state index in [2.05, 4.69) is 20.4 Å². The molecule has 0 radical (unpaired) electrons. The van der Waals surface area contributed by atoms with Gasteiger partial charge in [0.15, 0.2) is 0 Å². The number of alkyl halides is 3. The minimum atomic E-state index is -4.47. The molecule has 0 spiro atoms. The molecule has 4 rings (SSSR count). The number of nitrogens with one attached hydrogen (secondary N) is 1. The number of aliphatic hydroxyl groups is 1. The maximum absolute atomic E-state index is 13.2. The maximum Gasteiger partial charge on any atom is 0.416 e. The highest BCUT2D eigenvalue weighted by Crippen LogP contribution is 2.41. The molecule has 40 heavy (non-hydrogen) atoms. The number of thiazole rings is 1. The maximum atomic E-state index is 13.2. The van der Waals surface area contributed by atoms with Gasteiger partial charge in [0, 0.05) is 51.3 Å². The number of hydrogen-bond donors (Lipinski definition) is 2. The van der Waals surface area contributed by atoms with E-state index >= 15 is 0 Å². The van der Waals surface area contributed by atoms with Crippen LogP contribution in [0.5, 0.6) is 0 Å². The number of carbonyl (C=O) groups is 1. The summed E-state index contributed by atoms with van der Waals surface area (Å²) in [7, 11) is 1.63. The number of methoxy groups -OCH3 is 1. The van der Waals surface area contributed by atoms with Gasteiger partial charge >= 0.3 is 6.18 Å². The van der Waals surface area contributed by atoms with Crippen molar-refractivity contribution in [2.45, 2.75) is 82.3 Å². The molecular formula is C28H37F3N4O4S. The molecule has 1 amide bonds. The predicted molar refractivity (Wildman–Crippen MR) is 146 cm³/mol. The number of ether oxygens (including phenoxy) is 1. The lowest BCUT2D eigenvalue weighted by molar-refractivity contribution is -0.137. The Balaban J connectivity index is 1.26. The Bertz CT molecular complexity index is 1160.